The first kappa shape index (κ1) is 13.6. The Labute approximate surface area is 124 Å². The highest BCUT2D eigenvalue weighted by atomic mass is 16.2. The first-order valence-corrected chi connectivity index (χ1v) is 7.21. The molecule has 1 aromatic carbocycles. The Balaban J connectivity index is 1.81. The zero-order chi connectivity index (χ0) is 14.8. The number of rotatable bonds is 4. The molecule has 2 N–H and O–H groups in total. The van der Waals surface area contributed by atoms with E-state index in [4.69, 9.17) is 5.73 Å². The molecule has 4 heteroatoms. The second-order valence-electron chi connectivity index (χ2n) is 5.63. The summed E-state index contributed by atoms with van der Waals surface area (Å²) < 4.78 is 0. The zero-order valence-electron chi connectivity index (χ0n) is 12.1. The smallest absolute Gasteiger partial charge is 0.272 e. The van der Waals surface area contributed by atoms with Gasteiger partial charge in [-0.3, -0.25) is 4.79 Å². The van der Waals surface area contributed by atoms with Crippen molar-refractivity contribution in [3.8, 4) is 0 Å². The minimum Gasteiger partial charge on any atom is -0.397 e. The van der Waals surface area contributed by atoms with E-state index >= 15 is 0 Å². The van der Waals surface area contributed by atoms with Crippen molar-refractivity contribution < 1.29 is 4.79 Å². The number of hydrogen-bond acceptors (Lipinski definition) is 3. The number of benzene rings is 1. The first-order chi connectivity index (χ1) is 10.1. The van der Waals surface area contributed by atoms with Gasteiger partial charge in [0.15, 0.2) is 0 Å². The van der Waals surface area contributed by atoms with Crippen LogP contribution in [-0.4, -0.2) is 21.8 Å². The molecule has 0 spiro atoms. The number of carbonyl (C=O) groups is 1. The standard InChI is InChI=1S/C17H19N3O/c1-12-3-2-4-13(9-12)11-20(15-6-7-15)17(21)16-8-5-14(18)10-19-16/h2-5,8-10,15H,6-7,11,18H2,1H3. The summed E-state index contributed by atoms with van der Waals surface area (Å²) in [7, 11) is 0. The molecule has 0 bridgehead atoms. The molecular formula is C17H19N3O. The van der Waals surface area contributed by atoms with Crippen molar-refractivity contribution in [2.45, 2.75) is 32.4 Å². The third kappa shape index (κ3) is 3.21. The molecule has 1 aliphatic carbocycles. The maximum Gasteiger partial charge on any atom is 0.272 e. The lowest BCUT2D eigenvalue weighted by Crippen LogP contribution is -2.33. The quantitative estimate of drug-likeness (QED) is 0.937. The van der Waals surface area contributed by atoms with Gasteiger partial charge in [-0.15, -0.1) is 0 Å². The number of hydrogen-bond donors (Lipinski definition) is 1. The summed E-state index contributed by atoms with van der Waals surface area (Å²) in [6, 6.07) is 12.0. The molecule has 1 saturated carbocycles. The van der Waals surface area contributed by atoms with Crippen molar-refractivity contribution in [3.63, 3.8) is 0 Å². The topological polar surface area (TPSA) is 59.2 Å². The number of nitrogens with zero attached hydrogens (tertiary/aromatic N) is 2. The molecule has 1 heterocycles. The molecule has 0 aliphatic heterocycles. The number of nitrogens with two attached hydrogens (primary N) is 1. The van der Waals surface area contributed by atoms with Crippen LogP contribution in [-0.2, 0) is 6.54 Å². The van der Waals surface area contributed by atoms with Crippen molar-refractivity contribution in [1.29, 1.82) is 0 Å². The van der Waals surface area contributed by atoms with Crippen LogP contribution in [0.1, 0.15) is 34.5 Å². The fourth-order valence-corrected chi connectivity index (χ4v) is 2.44. The maximum atomic E-state index is 12.6. The number of carbonyl (C=O) groups excluding carboxylic acids is 1. The Morgan fingerprint density at radius 3 is 2.76 bits per heavy atom. The van der Waals surface area contributed by atoms with Gasteiger partial charge in [0, 0.05) is 12.6 Å². The van der Waals surface area contributed by atoms with Crippen LogP contribution in [0.25, 0.3) is 0 Å². The molecule has 2 aromatic rings. The average molecular weight is 281 g/mol. The highest BCUT2D eigenvalue weighted by Gasteiger charge is 2.33. The monoisotopic (exact) mass is 281 g/mol. The molecule has 4 nitrogen and oxygen atoms in total. The number of aromatic nitrogens is 1. The minimum absolute atomic E-state index is 0.0148. The number of nitrogen functional groups attached to an aromatic ring is 1. The number of aryl methyl sites for hydroxylation is 1. The van der Waals surface area contributed by atoms with E-state index < -0.39 is 0 Å². The van der Waals surface area contributed by atoms with E-state index in [1.165, 1.54) is 11.8 Å². The van der Waals surface area contributed by atoms with Gasteiger partial charge in [-0.1, -0.05) is 29.8 Å². The second kappa shape index (κ2) is 5.56. The first-order valence-electron chi connectivity index (χ1n) is 7.21. The van der Waals surface area contributed by atoms with Gasteiger partial charge >= 0.3 is 0 Å². The molecule has 0 unspecified atom stereocenters. The van der Waals surface area contributed by atoms with E-state index in [2.05, 4.69) is 30.1 Å². The summed E-state index contributed by atoms with van der Waals surface area (Å²) in [4.78, 5) is 18.7. The van der Waals surface area contributed by atoms with Crippen molar-refractivity contribution in [1.82, 2.24) is 9.88 Å². The molecule has 1 fully saturated rings. The van der Waals surface area contributed by atoms with Crippen LogP contribution in [0.15, 0.2) is 42.6 Å². The fourth-order valence-electron chi connectivity index (χ4n) is 2.44. The Kier molecular flexibility index (Phi) is 3.60. The minimum atomic E-state index is -0.0148. The lowest BCUT2D eigenvalue weighted by atomic mass is 10.1. The van der Waals surface area contributed by atoms with Crippen molar-refractivity contribution in [3.05, 3.63) is 59.4 Å². The fraction of sp³-hybridized carbons (Fsp3) is 0.294. The van der Waals surface area contributed by atoms with Gasteiger partial charge in [0.1, 0.15) is 5.69 Å². The van der Waals surface area contributed by atoms with E-state index in [9.17, 15) is 4.79 Å². The molecule has 108 valence electrons. The third-order valence-corrected chi connectivity index (χ3v) is 3.69. The largest absolute Gasteiger partial charge is 0.397 e. The van der Waals surface area contributed by atoms with Crippen LogP contribution in [0.2, 0.25) is 0 Å². The van der Waals surface area contributed by atoms with Gasteiger partial charge in [0.25, 0.3) is 5.91 Å². The SMILES string of the molecule is Cc1cccc(CN(C(=O)c2ccc(N)cn2)C2CC2)c1. The van der Waals surface area contributed by atoms with Crippen LogP contribution in [0, 0.1) is 6.92 Å². The van der Waals surface area contributed by atoms with Gasteiger partial charge in [0.05, 0.1) is 11.9 Å². The highest BCUT2D eigenvalue weighted by molar-refractivity contribution is 5.92. The van der Waals surface area contributed by atoms with Gasteiger partial charge < -0.3 is 10.6 Å². The summed E-state index contributed by atoms with van der Waals surface area (Å²) in [6.45, 7) is 2.70. The molecule has 0 atom stereocenters. The summed E-state index contributed by atoms with van der Waals surface area (Å²) in [5, 5.41) is 0. The van der Waals surface area contributed by atoms with E-state index in [1.807, 2.05) is 11.0 Å². The molecule has 1 aromatic heterocycles. The molecule has 1 aliphatic rings. The number of anilines is 1. The second-order valence-corrected chi connectivity index (χ2v) is 5.63. The lowest BCUT2D eigenvalue weighted by molar-refractivity contribution is 0.0724. The summed E-state index contributed by atoms with van der Waals surface area (Å²) >= 11 is 0. The van der Waals surface area contributed by atoms with Crippen LogP contribution >= 0.6 is 0 Å². The van der Waals surface area contributed by atoms with E-state index in [0.29, 0.717) is 24.0 Å². The van der Waals surface area contributed by atoms with Gasteiger partial charge in [-0.05, 0) is 37.5 Å². The molecule has 0 saturated heterocycles. The van der Waals surface area contributed by atoms with Gasteiger partial charge in [0.2, 0.25) is 0 Å². The number of pyridine rings is 1. The molecule has 1 amide bonds. The van der Waals surface area contributed by atoms with Crippen molar-refractivity contribution in [2.24, 2.45) is 0 Å². The Morgan fingerprint density at radius 2 is 2.14 bits per heavy atom. The Bertz CT molecular complexity index is 647. The van der Waals surface area contributed by atoms with Crippen LogP contribution < -0.4 is 5.73 Å². The predicted molar refractivity (Wildman–Crippen MR) is 82.7 cm³/mol. The highest BCUT2D eigenvalue weighted by Crippen LogP contribution is 2.29. The predicted octanol–water partition coefficient (Wildman–Crippen LogP) is 2.78. The maximum absolute atomic E-state index is 12.6. The van der Waals surface area contributed by atoms with Crippen LogP contribution in [0.3, 0.4) is 0 Å². The molecule has 21 heavy (non-hydrogen) atoms. The Hall–Kier alpha value is -2.36. The van der Waals surface area contributed by atoms with E-state index in [0.717, 1.165) is 18.4 Å². The lowest BCUT2D eigenvalue weighted by Gasteiger charge is -2.22. The van der Waals surface area contributed by atoms with Crippen LogP contribution in [0.5, 0.6) is 0 Å². The summed E-state index contributed by atoms with van der Waals surface area (Å²) in [5.74, 6) is -0.0148. The molecular weight excluding hydrogens is 262 g/mol. The zero-order valence-corrected chi connectivity index (χ0v) is 12.1. The average Bonchev–Trinajstić information content (AvgIpc) is 3.29. The summed E-state index contributed by atoms with van der Waals surface area (Å²) in [5.41, 5.74) is 9.03. The van der Waals surface area contributed by atoms with Gasteiger partial charge in [-0.25, -0.2) is 4.98 Å². The number of amides is 1. The van der Waals surface area contributed by atoms with Crippen LogP contribution in [0.4, 0.5) is 5.69 Å². The normalized spacial score (nSPS) is 14.0. The third-order valence-electron chi connectivity index (χ3n) is 3.69. The summed E-state index contributed by atoms with van der Waals surface area (Å²) in [6.07, 6.45) is 3.68. The van der Waals surface area contributed by atoms with Gasteiger partial charge in [-0.2, -0.15) is 0 Å². The van der Waals surface area contributed by atoms with Crippen molar-refractivity contribution in [2.75, 3.05) is 5.73 Å². The van der Waals surface area contributed by atoms with E-state index in [-0.39, 0.29) is 5.91 Å². The molecule has 0 radical (unpaired) electrons. The van der Waals surface area contributed by atoms with E-state index in [1.54, 1.807) is 12.1 Å². The van der Waals surface area contributed by atoms with Crippen molar-refractivity contribution >= 4 is 11.6 Å². The molecule has 3 rings (SSSR count). The Morgan fingerprint density at radius 1 is 1.33 bits per heavy atom.